The fraction of sp³-hybridized carbons (Fsp3) is 0.381. The van der Waals surface area contributed by atoms with Crippen LogP contribution in [0.15, 0.2) is 47.6 Å². The molecule has 144 valence electrons. The number of nitrogens with zero attached hydrogens (tertiary/aromatic N) is 3. The van der Waals surface area contributed by atoms with Gasteiger partial charge in [0.2, 0.25) is 0 Å². The van der Waals surface area contributed by atoms with Crippen LogP contribution in [0.1, 0.15) is 18.1 Å². The molecule has 0 spiro atoms. The summed E-state index contributed by atoms with van der Waals surface area (Å²) in [5, 5.41) is 7.77. The molecule has 6 heteroatoms. The van der Waals surface area contributed by atoms with Gasteiger partial charge in [-0.1, -0.05) is 29.8 Å². The summed E-state index contributed by atoms with van der Waals surface area (Å²) in [6.07, 6.45) is 0. The molecule has 5 nitrogen and oxygen atoms in total. The van der Waals surface area contributed by atoms with Gasteiger partial charge in [0.1, 0.15) is 0 Å². The van der Waals surface area contributed by atoms with Crippen molar-refractivity contribution >= 4 is 17.3 Å². The van der Waals surface area contributed by atoms with Crippen LogP contribution < -0.4 is 9.47 Å². The van der Waals surface area contributed by atoms with E-state index < -0.39 is 0 Å². The zero-order chi connectivity index (χ0) is 19.2. The highest BCUT2D eigenvalue weighted by molar-refractivity contribution is 6.31. The second-order valence-corrected chi connectivity index (χ2v) is 6.98. The van der Waals surface area contributed by atoms with E-state index in [-0.39, 0.29) is 0 Å². The van der Waals surface area contributed by atoms with Gasteiger partial charge in [0.15, 0.2) is 11.5 Å². The molecule has 0 bridgehead atoms. The van der Waals surface area contributed by atoms with Crippen LogP contribution in [0.5, 0.6) is 11.5 Å². The van der Waals surface area contributed by atoms with Gasteiger partial charge in [-0.3, -0.25) is 9.91 Å². The molecule has 0 saturated carbocycles. The maximum Gasteiger partial charge on any atom is 0.161 e. The minimum atomic E-state index is 0.717. The second-order valence-electron chi connectivity index (χ2n) is 6.58. The third-order valence-electron chi connectivity index (χ3n) is 4.79. The fourth-order valence-corrected chi connectivity index (χ4v) is 3.39. The van der Waals surface area contributed by atoms with E-state index in [1.165, 1.54) is 5.56 Å². The Labute approximate surface area is 166 Å². The largest absolute Gasteiger partial charge is 0.493 e. The van der Waals surface area contributed by atoms with Crippen molar-refractivity contribution in [1.29, 1.82) is 0 Å². The number of hydrogen-bond donors (Lipinski definition) is 0. The summed E-state index contributed by atoms with van der Waals surface area (Å²) in [6, 6.07) is 13.9. The Morgan fingerprint density at radius 1 is 1.00 bits per heavy atom. The average molecular weight is 388 g/mol. The van der Waals surface area contributed by atoms with Crippen molar-refractivity contribution in [2.45, 2.75) is 13.5 Å². The molecule has 0 unspecified atom stereocenters. The van der Waals surface area contributed by atoms with Crippen molar-refractivity contribution < 1.29 is 9.47 Å². The van der Waals surface area contributed by atoms with Crippen LogP contribution in [0.3, 0.4) is 0 Å². The fourth-order valence-electron chi connectivity index (χ4n) is 3.19. The highest BCUT2D eigenvalue weighted by atomic mass is 35.5. The molecule has 2 aromatic carbocycles. The van der Waals surface area contributed by atoms with Crippen molar-refractivity contribution in [3.63, 3.8) is 0 Å². The summed E-state index contributed by atoms with van der Waals surface area (Å²) in [5.41, 5.74) is 3.18. The summed E-state index contributed by atoms with van der Waals surface area (Å²) in [4.78, 5) is 2.42. The Morgan fingerprint density at radius 2 is 1.70 bits per heavy atom. The van der Waals surface area contributed by atoms with E-state index in [1.807, 2.05) is 43.3 Å². The first kappa shape index (κ1) is 19.5. The molecular weight excluding hydrogens is 362 g/mol. The van der Waals surface area contributed by atoms with Gasteiger partial charge >= 0.3 is 0 Å². The highest BCUT2D eigenvalue weighted by Crippen LogP contribution is 2.28. The van der Waals surface area contributed by atoms with Gasteiger partial charge in [-0.05, 0) is 36.8 Å². The van der Waals surface area contributed by atoms with Crippen molar-refractivity contribution in [2.24, 2.45) is 5.10 Å². The quantitative estimate of drug-likeness (QED) is 0.704. The van der Waals surface area contributed by atoms with Crippen LogP contribution in [0.2, 0.25) is 5.02 Å². The predicted molar refractivity (Wildman–Crippen MR) is 110 cm³/mol. The molecule has 0 aliphatic carbocycles. The first-order valence-electron chi connectivity index (χ1n) is 9.09. The molecule has 1 aliphatic heterocycles. The molecule has 0 N–H and O–H groups in total. The van der Waals surface area contributed by atoms with E-state index in [9.17, 15) is 0 Å². The molecule has 1 aliphatic rings. The summed E-state index contributed by atoms with van der Waals surface area (Å²) >= 11 is 6.28. The topological polar surface area (TPSA) is 37.3 Å². The Hall–Kier alpha value is -2.24. The van der Waals surface area contributed by atoms with Crippen LogP contribution in [0.25, 0.3) is 0 Å². The predicted octanol–water partition coefficient (Wildman–Crippen LogP) is 3.90. The number of rotatable bonds is 6. The van der Waals surface area contributed by atoms with Gasteiger partial charge in [0, 0.05) is 43.3 Å². The summed E-state index contributed by atoms with van der Waals surface area (Å²) in [7, 11) is 3.28. The van der Waals surface area contributed by atoms with Crippen molar-refractivity contribution in [3.8, 4) is 11.5 Å². The Morgan fingerprint density at radius 3 is 2.37 bits per heavy atom. The summed E-state index contributed by atoms with van der Waals surface area (Å²) < 4.78 is 10.7. The zero-order valence-corrected chi connectivity index (χ0v) is 16.9. The van der Waals surface area contributed by atoms with E-state index in [4.69, 9.17) is 26.2 Å². The lowest BCUT2D eigenvalue weighted by molar-refractivity contribution is 0.130. The first-order chi connectivity index (χ1) is 13.1. The third-order valence-corrected chi connectivity index (χ3v) is 5.16. The third kappa shape index (κ3) is 4.93. The maximum atomic E-state index is 6.28. The molecular formula is C21H26ClN3O2. The molecule has 3 rings (SSSR count). The summed E-state index contributed by atoms with van der Waals surface area (Å²) in [6.45, 7) is 6.63. The molecule has 1 fully saturated rings. The van der Waals surface area contributed by atoms with Crippen molar-refractivity contribution in [3.05, 3.63) is 58.6 Å². The number of ether oxygens (including phenoxy) is 2. The minimum Gasteiger partial charge on any atom is -0.493 e. The van der Waals surface area contributed by atoms with E-state index in [0.29, 0.717) is 5.75 Å². The van der Waals surface area contributed by atoms with Gasteiger partial charge in [0.25, 0.3) is 0 Å². The number of benzene rings is 2. The number of hydrogen-bond acceptors (Lipinski definition) is 5. The molecule has 0 aromatic heterocycles. The maximum absolute atomic E-state index is 6.28. The van der Waals surface area contributed by atoms with Gasteiger partial charge in [0.05, 0.1) is 19.9 Å². The monoisotopic (exact) mass is 387 g/mol. The smallest absolute Gasteiger partial charge is 0.161 e. The SMILES string of the molecule is COc1ccc(C(C)=NN2CCN(Cc3ccccc3Cl)CC2)cc1OC. The Balaban J connectivity index is 1.60. The van der Waals surface area contributed by atoms with Crippen LogP contribution in [0, 0.1) is 0 Å². The molecule has 2 aromatic rings. The van der Waals surface area contributed by atoms with Gasteiger partial charge in [-0.15, -0.1) is 0 Å². The molecule has 1 heterocycles. The van der Waals surface area contributed by atoms with E-state index in [1.54, 1.807) is 14.2 Å². The molecule has 27 heavy (non-hydrogen) atoms. The number of halogens is 1. The van der Waals surface area contributed by atoms with Crippen LogP contribution >= 0.6 is 11.6 Å². The lowest BCUT2D eigenvalue weighted by Crippen LogP contribution is -2.43. The first-order valence-corrected chi connectivity index (χ1v) is 9.47. The number of methoxy groups -OCH3 is 2. The van der Waals surface area contributed by atoms with Gasteiger partial charge in [-0.25, -0.2) is 0 Å². The average Bonchev–Trinajstić information content (AvgIpc) is 2.70. The molecule has 1 saturated heterocycles. The Kier molecular flexibility index (Phi) is 6.58. The minimum absolute atomic E-state index is 0.717. The van der Waals surface area contributed by atoms with Crippen LogP contribution in [-0.4, -0.2) is 56.0 Å². The standard InChI is InChI=1S/C21H26ClN3O2/c1-16(17-8-9-20(26-2)21(14-17)27-3)23-25-12-10-24(11-13-25)15-18-6-4-5-7-19(18)22/h4-9,14H,10-13,15H2,1-3H3. The van der Waals surface area contributed by atoms with Crippen LogP contribution in [0.4, 0.5) is 0 Å². The van der Waals surface area contributed by atoms with Crippen molar-refractivity contribution in [1.82, 2.24) is 9.91 Å². The molecule has 0 radical (unpaired) electrons. The van der Waals surface area contributed by atoms with Gasteiger partial charge < -0.3 is 9.47 Å². The number of piperazine rings is 1. The van der Waals surface area contributed by atoms with Gasteiger partial charge in [-0.2, -0.15) is 5.10 Å². The number of hydrazone groups is 1. The lowest BCUT2D eigenvalue weighted by Gasteiger charge is -2.33. The molecule has 0 amide bonds. The van der Waals surface area contributed by atoms with E-state index in [2.05, 4.69) is 16.0 Å². The summed E-state index contributed by atoms with van der Waals surface area (Å²) in [5.74, 6) is 1.44. The zero-order valence-electron chi connectivity index (χ0n) is 16.1. The normalized spacial score (nSPS) is 15.7. The van der Waals surface area contributed by atoms with Crippen molar-refractivity contribution in [2.75, 3.05) is 40.4 Å². The highest BCUT2D eigenvalue weighted by Gasteiger charge is 2.17. The van der Waals surface area contributed by atoms with Crippen LogP contribution in [-0.2, 0) is 6.54 Å². The second kappa shape index (κ2) is 9.11. The molecule has 0 atom stereocenters. The lowest BCUT2D eigenvalue weighted by atomic mass is 10.1. The van der Waals surface area contributed by atoms with E-state index >= 15 is 0 Å². The Bertz CT molecular complexity index is 802. The van der Waals surface area contributed by atoms with E-state index in [0.717, 1.165) is 54.8 Å².